The van der Waals surface area contributed by atoms with Crippen molar-refractivity contribution in [1.82, 2.24) is 4.98 Å². The second-order valence-corrected chi connectivity index (χ2v) is 4.39. The molecule has 1 aromatic heterocycles. The van der Waals surface area contributed by atoms with Gasteiger partial charge in [-0.25, -0.2) is 4.98 Å². The first-order chi connectivity index (χ1) is 9.24. The van der Waals surface area contributed by atoms with Gasteiger partial charge in [-0.05, 0) is 37.4 Å². The van der Waals surface area contributed by atoms with Gasteiger partial charge in [0.05, 0.1) is 13.2 Å². The lowest BCUT2D eigenvalue weighted by atomic mass is 10.1. The van der Waals surface area contributed by atoms with Crippen LogP contribution in [0.25, 0.3) is 10.8 Å². The third-order valence-electron chi connectivity index (χ3n) is 2.98. The van der Waals surface area contributed by atoms with Crippen molar-refractivity contribution >= 4 is 16.6 Å². The summed E-state index contributed by atoms with van der Waals surface area (Å²) in [6, 6.07) is 7.98. The van der Waals surface area contributed by atoms with E-state index >= 15 is 0 Å². The fourth-order valence-electron chi connectivity index (χ4n) is 2.00. The number of fused-ring (bicyclic) bond motifs is 1. The fraction of sp³-hybridized carbons (Fsp3) is 0.400. The van der Waals surface area contributed by atoms with Gasteiger partial charge in [0.15, 0.2) is 0 Å². The van der Waals surface area contributed by atoms with Crippen LogP contribution in [0.5, 0.6) is 5.75 Å². The summed E-state index contributed by atoms with van der Waals surface area (Å²) in [5, 5.41) is 5.53. The van der Waals surface area contributed by atoms with Gasteiger partial charge >= 0.3 is 0 Å². The molecule has 0 saturated heterocycles. The number of benzene rings is 1. The first-order valence-electron chi connectivity index (χ1n) is 6.52. The molecule has 1 atom stereocenters. The topological polar surface area (TPSA) is 43.4 Å². The number of aromatic nitrogens is 1. The Morgan fingerprint density at radius 2 is 2.16 bits per heavy atom. The molecular weight excluding hydrogens is 240 g/mol. The van der Waals surface area contributed by atoms with Crippen LogP contribution in [0.15, 0.2) is 30.5 Å². The number of anilines is 1. The van der Waals surface area contributed by atoms with E-state index < -0.39 is 0 Å². The van der Waals surface area contributed by atoms with Crippen LogP contribution < -0.4 is 10.1 Å². The molecule has 4 heteroatoms. The van der Waals surface area contributed by atoms with Gasteiger partial charge in [0.25, 0.3) is 0 Å². The monoisotopic (exact) mass is 260 g/mol. The lowest BCUT2D eigenvalue weighted by molar-refractivity contribution is 0.0855. The predicted octanol–water partition coefficient (Wildman–Crippen LogP) is 3.08. The molecule has 0 spiro atoms. The SMILES string of the molecule is CCOC(C)CNc1nccc2ccc(OC)cc12. The lowest BCUT2D eigenvalue weighted by Gasteiger charge is -2.14. The highest BCUT2D eigenvalue weighted by Crippen LogP contribution is 2.25. The summed E-state index contributed by atoms with van der Waals surface area (Å²) in [5.41, 5.74) is 0. The minimum atomic E-state index is 0.160. The van der Waals surface area contributed by atoms with Gasteiger partial charge in [-0.2, -0.15) is 0 Å². The number of ether oxygens (including phenoxy) is 2. The van der Waals surface area contributed by atoms with Gasteiger partial charge in [0, 0.05) is 24.7 Å². The van der Waals surface area contributed by atoms with Gasteiger partial charge in [-0.15, -0.1) is 0 Å². The van der Waals surface area contributed by atoms with Crippen molar-refractivity contribution in [2.75, 3.05) is 25.6 Å². The van der Waals surface area contributed by atoms with Crippen molar-refractivity contribution in [1.29, 1.82) is 0 Å². The molecular formula is C15H20N2O2. The number of pyridine rings is 1. The summed E-state index contributed by atoms with van der Waals surface area (Å²) in [4.78, 5) is 4.39. The zero-order chi connectivity index (χ0) is 13.7. The Hall–Kier alpha value is -1.81. The Kier molecular flexibility index (Phi) is 4.58. The summed E-state index contributed by atoms with van der Waals surface area (Å²) >= 11 is 0. The molecule has 0 amide bonds. The molecule has 0 saturated carbocycles. The first-order valence-corrected chi connectivity index (χ1v) is 6.52. The Morgan fingerprint density at radius 3 is 2.89 bits per heavy atom. The minimum absolute atomic E-state index is 0.160. The van der Waals surface area contributed by atoms with Crippen LogP contribution in [-0.2, 0) is 4.74 Å². The number of nitrogens with zero attached hydrogens (tertiary/aromatic N) is 1. The molecule has 1 heterocycles. The maximum Gasteiger partial charge on any atom is 0.134 e. The maximum atomic E-state index is 5.51. The fourth-order valence-corrected chi connectivity index (χ4v) is 2.00. The Bertz CT molecular complexity index is 543. The zero-order valence-corrected chi connectivity index (χ0v) is 11.6. The molecule has 0 aliphatic rings. The number of hydrogen-bond acceptors (Lipinski definition) is 4. The van der Waals surface area contributed by atoms with Crippen molar-refractivity contribution < 1.29 is 9.47 Å². The zero-order valence-electron chi connectivity index (χ0n) is 11.6. The maximum absolute atomic E-state index is 5.51. The van der Waals surface area contributed by atoms with E-state index in [1.165, 1.54) is 0 Å². The van der Waals surface area contributed by atoms with Gasteiger partial charge < -0.3 is 14.8 Å². The number of methoxy groups -OCH3 is 1. The third kappa shape index (κ3) is 3.35. The molecule has 0 fully saturated rings. The standard InChI is InChI=1S/C15H20N2O2/c1-4-19-11(2)10-17-15-14-9-13(18-3)6-5-12(14)7-8-16-15/h5-9,11H,4,10H2,1-3H3,(H,16,17). The van der Waals surface area contributed by atoms with Crippen molar-refractivity contribution in [3.63, 3.8) is 0 Å². The molecule has 2 rings (SSSR count). The predicted molar refractivity (Wildman–Crippen MR) is 77.9 cm³/mol. The van der Waals surface area contributed by atoms with E-state index in [0.29, 0.717) is 0 Å². The summed E-state index contributed by atoms with van der Waals surface area (Å²) in [7, 11) is 1.67. The van der Waals surface area contributed by atoms with Gasteiger partial charge in [0.2, 0.25) is 0 Å². The highest BCUT2D eigenvalue weighted by atomic mass is 16.5. The molecule has 0 aliphatic carbocycles. The lowest BCUT2D eigenvalue weighted by Crippen LogP contribution is -2.20. The average molecular weight is 260 g/mol. The molecule has 0 aliphatic heterocycles. The van der Waals surface area contributed by atoms with E-state index in [4.69, 9.17) is 9.47 Å². The average Bonchev–Trinajstić information content (AvgIpc) is 2.44. The van der Waals surface area contributed by atoms with E-state index in [-0.39, 0.29) is 6.10 Å². The summed E-state index contributed by atoms with van der Waals surface area (Å²) in [6.07, 6.45) is 1.97. The molecule has 2 aromatic rings. The van der Waals surface area contributed by atoms with E-state index in [1.54, 1.807) is 7.11 Å². The molecule has 0 bridgehead atoms. The molecule has 4 nitrogen and oxygen atoms in total. The highest BCUT2D eigenvalue weighted by Gasteiger charge is 2.06. The third-order valence-corrected chi connectivity index (χ3v) is 2.98. The van der Waals surface area contributed by atoms with Crippen LogP contribution >= 0.6 is 0 Å². The van der Waals surface area contributed by atoms with E-state index in [1.807, 2.05) is 44.3 Å². The van der Waals surface area contributed by atoms with Crippen LogP contribution in [0.3, 0.4) is 0 Å². The second-order valence-electron chi connectivity index (χ2n) is 4.39. The molecule has 0 radical (unpaired) electrons. The van der Waals surface area contributed by atoms with Crippen LogP contribution in [-0.4, -0.2) is 31.3 Å². The quantitative estimate of drug-likeness (QED) is 0.866. The summed E-state index contributed by atoms with van der Waals surface area (Å²) in [6.45, 7) is 5.50. The highest BCUT2D eigenvalue weighted by molar-refractivity contribution is 5.92. The smallest absolute Gasteiger partial charge is 0.134 e. The summed E-state index contributed by atoms with van der Waals surface area (Å²) in [5.74, 6) is 1.70. The Labute approximate surface area is 113 Å². The Morgan fingerprint density at radius 1 is 1.32 bits per heavy atom. The van der Waals surface area contributed by atoms with Crippen LogP contribution in [0.4, 0.5) is 5.82 Å². The minimum Gasteiger partial charge on any atom is -0.497 e. The molecule has 1 aromatic carbocycles. The molecule has 1 N–H and O–H groups in total. The van der Waals surface area contributed by atoms with Gasteiger partial charge in [0.1, 0.15) is 11.6 Å². The second kappa shape index (κ2) is 6.38. The van der Waals surface area contributed by atoms with E-state index in [9.17, 15) is 0 Å². The van der Waals surface area contributed by atoms with Crippen LogP contribution in [0.1, 0.15) is 13.8 Å². The molecule has 102 valence electrons. The summed E-state index contributed by atoms with van der Waals surface area (Å²) < 4.78 is 10.8. The normalized spacial score (nSPS) is 12.4. The molecule has 19 heavy (non-hydrogen) atoms. The van der Waals surface area contributed by atoms with Crippen LogP contribution in [0, 0.1) is 0 Å². The van der Waals surface area contributed by atoms with Crippen molar-refractivity contribution in [3.05, 3.63) is 30.5 Å². The van der Waals surface area contributed by atoms with Gasteiger partial charge in [-0.3, -0.25) is 0 Å². The molecule has 1 unspecified atom stereocenters. The van der Waals surface area contributed by atoms with Crippen LogP contribution in [0.2, 0.25) is 0 Å². The van der Waals surface area contributed by atoms with E-state index in [0.717, 1.165) is 35.5 Å². The van der Waals surface area contributed by atoms with E-state index in [2.05, 4.69) is 10.3 Å². The van der Waals surface area contributed by atoms with Crippen molar-refractivity contribution in [3.8, 4) is 5.75 Å². The Balaban J connectivity index is 2.22. The number of hydrogen-bond donors (Lipinski definition) is 1. The first kappa shape index (κ1) is 13.6. The van der Waals surface area contributed by atoms with Gasteiger partial charge in [-0.1, -0.05) is 6.07 Å². The van der Waals surface area contributed by atoms with Crippen molar-refractivity contribution in [2.24, 2.45) is 0 Å². The number of rotatable bonds is 6. The largest absolute Gasteiger partial charge is 0.497 e. The van der Waals surface area contributed by atoms with Crippen molar-refractivity contribution in [2.45, 2.75) is 20.0 Å². The number of nitrogens with one attached hydrogen (secondary N) is 1.